The van der Waals surface area contributed by atoms with Crippen molar-refractivity contribution in [2.45, 2.75) is 13.0 Å². The second kappa shape index (κ2) is 9.00. The summed E-state index contributed by atoms with van der Waals surface area (Å²) in [5.41, 5.74) is 0.583. The van der Waals surface area contributed by atoms with Crippen molar-refractivity contribution < 1.29 is 27.4 Å². The summed E-state index contributed by atoms with van der Waals surface area (Å²) < 4.78 is 47.7. The molecule has 2 rings (SSSR count). The minimum atomic E-state index is -2.99. The highest BCUT2D eigenvalue weighted by Gasteiger charge is 2.15. The van der Waals surface area contributed by atoms with Crippen molar-refractivity contribution in [2.24, 2.45) is 0 Å². The average molecular weight is 408 g/mol. The molecule has 0 atom stereocenters. The number of amides is 1. The highest BCUT2D eigenvalue weighted by Crippen LogP contribution is 2.29. The van der Waals surface area contributed by atoms with Gasteiger partial charge in [-0.15, -0.1) is 0 Å². The van der Waals surface area contributed by atoms with E-state index in [9.17, 15) is 18.0 Å². The third-order valence-corrected chi connectivity index (χ3v) is 4.00. The first kappa shape index (κ1) is 20.2. The number of alkyl halides is 2. The lowest BCUT2D eigenvalue weighted by molar-refractivity contribution is -0.0512. The van der Waals surface area contributed by atoms with E-state index in [1.807, 2.05) is 0 Å². The summed E-state index contributed by atoms with van der Waals surface area (Å²) >= 11 is 11.5. The maximum atomic E-state index is 13.5. The quantitative estimate of drug-likeness (QED) is 0.675. The van der Waals surface area contributed by atoms with Crippen LogP contribution >= 0.6 is 23.2 Å². The van der Waals surface area contributed by atoms with Crippen LogP contribution in [0.4, 0.5) is 13.2 Å². The summed E-state index contributed by atoms with van der Waals surface area (Å²) in [6, 6.07) is 6.62. The van der Waals surface area contributed by atoms with Crippen molar-refractivity contribution in [3.63, 3.8) is 0 Å². The number of benzene rings is 2. The fourth-order valence-corrected chi connectivity index (χ4v) is 2.65. The van der Waals surface area contributed by atoms with Crippen molar-refractivity contribution in [1.29, 1.82) is 0 Å². The minimum absolute atomic E-state index is 0.0194. The van der Waals surface area contributed by atoms with E-state index in [1.165, 1.54) is 19.2 Å². The second-order valence-corrected chi connectivity index (χ2v) is 5.93. The largest absolute Gasteiger partial charge is 0.493 e. The van der Waals surface area contributed by atoms with Crippen LogP contribution in [-0.2, 0) is 6.42 Å². The van der Waals surface area contributed by atoms with Gasteiger partial charge in [-0.25, -0.2) is 4.39 Å². The molecule has 2 aromatic carbocycles. The van der Waals surface area contributed by atoms with Gasteiger partial charge < -0.3 is 14.8 Å². The van der Waals surface area contributed by atoms with Gasteiger partial charge in [0.05, 0.1) is 22.7 Å². The Hall–Kier alpha value is -2.12. The van der Waals surface area contributed by atoms with Gasteiger partial charge in [0.25, 0.3) is 5.91 Å². The molecular weight excluding hydrogens is 394 g/mol. The Balaban J connectivity index is 2.01. The number of carbonyl (C=O) groups excluding carboxylic acids is 1. The van der Waals surface area contributed by atoms with Gasteiger partial charge in [0.15, 0.2) is 11.5 Å². The van der Waals surface area contributed by atoms with Gasteiger partial charge in [0.1, 0.15) is 5.82 Å². The van der Waals surface area contributed by atoms with Gasteiger partial charge in [-0.05, 0) is 36.2 Å². The summed E-state index contributed by atoms with van der Waals surface area (Å²) in [7, 11) is 1.34. The number of rotatable bonds is 7. The molecule has 0 radical (unpaired) electrons. The van der Waals surface area contributed by atoms with Crippen LogP contribution < -0.4 is 14.8 Å². The van der Waals surface area contributed by atoms with E-state index in [4.69, 9.17) is 27.9 Å². The lowest BCUT2D eigenvalue weighted by Gasteiger charge is -2.12. The first-order valence-electron chi connectivity index (χ1n) is 7.36. The maximum absolute atomic E-state index is 13.5. The van der Waals surface area contributed by atoms with Crippen molar-refractivity contribution in [3.05, 3.63) is 57.3 Å². The van der Waals surface area contributed by atoms with Gasteiger partial charge in [0, 0.05) is 6.54 Å². The summed E-state index contributed by atoms with van der Waals surface area (Å²) in [5, 5.41) is 2.41. The fraction of sp³-hybridized carbons (Fsp3) is 0.235. The van der Waals surface area contributed by atoms with E-state index in [2.05, 4.69) is 10.1 Å². The predicted molar refractivity (Wildman–Crippen MR) is 92.1 cm³/mol. The molecule has 0 fully saturated rings. The number of nitrogens with one attached hydrogen (secondary N) is 1. The maximum Gasteiger partial charge on any atom is 0.387 e. The van der Waals surface area contributed by atoms with E-state index in [0.29, 0.717) is 12.0 Å². The molecule has 140 valence electrons. The Morgan fingerprint density at radius 1 is 1.15 bits per heavy atom. The average Bonchev–Trinajstić information content (AvgIpc) is 2.57. The van der Waals surface area contributed by atoms with Gasteiger partial charge in [0.2, 0.25) is 0 Å². The first-order chi connectivity index (χ1) is 12.3. The summed E-state index contributed by atoms with van der Waals surface area (Å²) in [6.45, 7) is -2.82. The molecule has 0 saturated carbocycles. The van der Waals surface area contributed by atoms with Crippen LogP contribution in [0.15, 0.2) is 30.3 Å². The molecule has 1 N–H and O–H groups in total. The minimum Gasteiger partial charge on any atom is -0.493 e. The van der Waals surface area contributed by atoms with E-state index >= 15 is 0 Å². The molecule has 0 heterocycles. The lowest BCUT2D eigenvalue weighted by Crippen LogP contribution is -2.26. The van der Waals surface area contributed by atoms with Crippen LogP contribution in [0.25, 0.3) is 0 Å². The van der Waals surface area contributed by atoms with Crippen molar-refractivity contribution in [2.75, 3.05) is 13.7 Å². The zero-order valence-corrected chi connectivity index (χ0v) is 15.0. The standard InChI is InChI=1S/C17H14Cl2F3NO3/c1-25-14-3-2-9(6-15(14)26-17(21)22)4-5-23-16(24)10-7-13(20)12(19)8-11(10)18/h2-3,6-8,17H,4-5H2,1H3,(H,23,24). The Morgan fingerprint density at radius 2 is 1.88 bits per heavy atom. The molecule has 0 aliphatic heterocycles. The number of methoxy groups -OCH3 is 1. The monoisotopic (exact) mass is 407 g/mol. The molecule has 0 unspecified atom stereocenters. The smallest absolute Gasteiger partial charge is 0.387 e. The highest BCUT2D eigenvalue weighted by molar-refractivity contribution is 6.36. The van der Waals surface area contributed by atoms with E-state index in [0.717, 1.165) is 12.1 Å². The van der Waals surface area contributed by atoms with E-state index < -0.39 is 18.3 Å². The van der Waals surface area contributed by atoms with Gasteiger partial charge in [-0.2, -0.15) is 8.78 Å². The molecule has 0 spiro atoms. The Kier molecular flexibility index (Phi) is 6.99. The Bertz CT molecular complexity index is 803. The van der Waals surface area contributed by atoms with Gasteiger partial charge in [-0.1, -0.05) is 29.3 Å². The zero-order chi connectivity index (χ0) is 19.3. The fourth-order valence-electron chi connectivity index (χ4n) is 2.18. The van der Waals surface area contributed by atoms with Crippen molar-refractivity contribution in [1.82, 2.24) is 5.32 Å². The molecule has 0 aliphatic rings. The summed E-state index contributed by atoms with van der Waals surface area (Å²) in [4.78, 5) is 12.1. The van der Waals surface area contributed by atoms with E-state index in [1.54, 1.807) is 6.07 Å². The summed E-state index contributed by atoms with van der Waals surface area (Å²) in [5.74, 6) is -1.27. The Morgan fingerprint density at radius 3 is 2.54 bits per heavy atom. The number of hydrogen-bond donors (Lipinski definition) is 1. The molecule has 26 heavy (non-hydrogen) atoms. The molecule has 0 bridgehead atoms. The molecule has 0 saturated heterocycles. The molecule has 4 nitrogen and oxygen atoms in total. The highest BCUT2D eigenvalue weighted by atomic mass is 35.5. The zero-order valence-electron chi connectivity index (χ0n) is 13.5. The SMILES string of the molecule is COc1ccc(CCNC(=O)c2cc(F)c(Cl)cc2Cl)cc1OC(F)F. The third kappa shape index (κ3) is 5.19. The summed E-state index contributed by atoms with van der Waals surface area (Å²) in [6.07, 6.45) is 0.322. The number of halogens is 5. The van der Waals surface area contributed by atoms with Gasteiger partial charge >= 0.3 is 6.61 Å². The molecule has 9 heteroatoms. The molecule has 1 amide bonds. The van der Waals surface area contributed by atoms with Crippen LogP contribution in [0.1, 0.15) is 15.9 Å². The van der Waals surface area contributed by atoms with Crippen LogP contribution in [0, 0.1) is 5.82 Å². The topological polar surface area (TPSA) is 47.6 Å². The normalized spacial score (nSPS) is 10.7. The number of carbonyl (C=O) groups is 1. The third-order valence-electron chi connectivity index (χ3n) is 3.40. The second-order valence-electron chi connectivity index (χ2n) is 5.12. The molecule has 2 aromatic rings. The molecular formula is C17H14Cl2F3NO3. The van der Waals surface area contributed by atoms with Crippen molar-refractivity contribution >= 4 is 29.1 Å². The Labute approximate surface area is 157 Å². The van der Waals surface area contributed by atoms with Crippen LogP contribution in [0.3, 0.4) is 0 Å². The number of ether oxygens (including phenoxy) is 2. The van der Waals surface area contributed by atoms with Crippen LogP contribution in [-0.4, -0.2) is 26.2 Å². The predicted octanol–water partition coefficient (Wildman–Crippen LogP) is 4.72. The number of hydrogen-bond acceptors (Lipinski definition) is 3. The van der Waals surface area contributed by atoms with E-state index in [-0.39, 0.29) is 33.7 Å². The molecule has 0 aromatic heterocycles. The first-order valence-corrected chi connectivity index (χ1v) is 8.12. The van der Waals surface area contributed by atoms with Gasteiger partial charge in [-0.3, -0.25) is 4.79 Å². The lowest BCUT2D eigenvalue weighted by atomic mass is 10.1. The molecule has 0 aliphatic carbocycles. The van der Waals surface area contributed by atoms with Crippen LogP contribution in [0.2, 0.25) is 10.0 Å². The van der Waals surface area contributed by atoms with Crippen molar-refractivity contribution in [3.8, 4) is 11.5 Å². The van der Waals surface area contributed by atoms with Crippen LogP contribution in [0.5, 0.6) is 11.5 Å².